The van der Waals surface area contributed by atoms with E-state index in [4.69, 9.17) is 0 Å². The molecule has 2 rings (SSSR count). The van der Waals surface area contributed by atoms with Crippen molar-refractivity contribution < 1.29 is 0 Å². The summed E-state index contributed by atoms with van der Waals surface area (Å²) in [6, 6.07) is 8.44. The Kier molecular flexibility index (Phi) is 3.64. The monoisotopic (exact) mass is 280 g/mol. The normalized spacial score (nSPS) is 13.2. The van der Waals surface area contributed by atoms with Crippen molar-refractivity contribution in [1.29, 1.82) is 0 Å². The Hall–Kier alpha value is -0.830. The molecule has 86 valence electrons. The molecule has 0 aliphatic rings. The van der Waals surface area contributed by atoms with Crippen molar-refractivity contribution in [2.24, 2.45) is 13.0 Å². The number of rotatable bonds is 4. The van der Waals surface area contributed by atoms with Crippen LogP contribution >= 0.6 is 15.9 Å². The standard InChI is InChI=1S/C13H17BrN2/c1-3-10(9-14)8-12-11-6-4-5-7-13(11)16(2)15-12/h4-7,10H,3,8-9H2,1-2H3. The van der Waals surface area contributed by atoms with E-state index in [9.17, 15) is 0 Å². The Morgan fingerprint density at radius 3 is 2.81 bits per heavy atom. The van der Waals surface area contributed by atoms with Gasteiger partial charge in [0, 0.05) is 17.8 Å². The Morgan fingerprint density at radius 1 is 1.38 bits per heavy atom. The fraction of sp³-hybridized carbons (Fsp3) is 0.462. The average molecular weight is 281 g/mol. The molecule has 0 radical (unpaired) electrons. The summed E-state index contributed by atoms with van der Waals surface area (Å²) in [5.74, 6) is 0.679. The van der Waals surface area contributed by atoms with Crippen molar-refractivity contribution in [3.8, 4) is 0 Å². The number of para-hydroxylation sites is 1. The highest BCUT2D eigenvalue weighted by atomic mass is 79.9. The van der Waals surface area contributed by atoms with Gasteiger partial charge in [-0.1, -0.05) is 47.5 Å². The van der Waals surface area contributed by atoms with Gasteiger partial charge < -0.3 is 0 Å². The second-order valence-electron chi connectivity index (χ2n) is 4.22. The second kappa shape index (κ2) is 5.00. The van der Waals surface area contributed by atoms with Crippen LogP contribution in [0.3, 0.4) is 0 Å². The SMILES string of the molecule is CCC(CBr)Cc1nn(C)c2ccccc12. The lowest BCUT2D eigenvalue weighted by Gasteiger charge is -2.08. The van der Waals surface area contributed by atoms with Crippen LogP contribution in [0.1, 0.15) is 19.0 Å². The molecule has 1 aromatic heterocycles. The summed E-state index contributed by atoms with van der Waals surface area (Å²) in [4.78, 5) is 0. The molecule has 0 bridgehead atoms. The minimum absolute atomic E-state index is 0.679. The maximum absolute atomic E-state index is 4.62. The quantitative estimate of drug-likeness (QED) is 0.784. The first-order chi connectivity index (χ1) is 7.76. The Balaban J connectivity index is 2.37. The molecule has 0 saturated carbocycles. The molecular formula is C13H17BrN2. The summed E-state index contributed by atoms with van der Waals surface area (Å²) < 4.78 is 1.98. The smallest absolute Gasteiger partial charge is 0.0706 e. The van der Waals surface area contributed by atoms with E-state index in [1.54, 1.807) is 0 Å². The highest BCUT2D eigenvalue weighted by Gasteiger charge is 2.12. The van der Waals surface area contributed by atoms with E-state index in [2.05, 4.69) is 52.2 Å². The number of aromatic nitrogens is 2. The molecule has 2 nitrogen and oxygen atoms in total. The predicted octanol–water partition coefficient (Wildman–Crippen LogP) is 3.54. The highest BCUT2D eigenvalue weighted by Crippen LogP contribution is 2.22. The lowest BCUT2D eigenvalue weighted by molar-refractivity contribution is 0.561. The van der Waals surface area contributed by atoms with Gasteiger partial charge in [0.05, 0.1) is 11.2 Å². The van der Waals surface area contributed by atoms with Crippen LogP contribution in [0.15, 0.2) is 24.3 Å². The van der Waals surface area contributed by atoms with Gasteiger partial charge >= 0.3 is 0 Å². The van der Waals surface area contributed by atoms with Crippen LogP contribution in [0.2, 0.25) is 0 Å². The first kappa shape index (κ1) is 11.6. The molecule has 1 atom stereocenters. The fourth-order valence-corrected chi connectivity index (χ4v) is 2.71. The molecule has 16 heavy (non-hydrogen) atoms. The Bertz CT molecular complexity index is 472. The van der Waals surface area contributed by atoms with Gasteiger partial charge in [-0.15, -0.1) is 0 Å². The summed E-state index contributed by atoms with van der Waals surface area (Å²) in [5, 5.41) is 6.97. The molecule has 2 aromatic rings. The van der Waals surface area contributed by atoms with Gasteiger partial charge in [-0.05, 0) is 18.4 Å². The molecule has 3 heteroatoms. The van der Waals surface area contributed by atoms with E-state index in [1.807, 2.05) is 11.7 Å². The van der Waals surface area contributed by atoms with Crippen molar-refractivity contribution in [2.75, 3.05) is 5.33 Å². The van der Waals surface area contributed by atoms with E-state index >= 15 is 0 Å². The van der Waals surface area contributed by atoms with E-state index in [-0.39, 0.29) is 0 Å². The molecule has 0 saturated heterocycles. The van der Waals surface area contributed by atoms with Crippen LogP contribution in [0.25, 0.3) is 10.9 Å². The van der Waals surface area contributed by atoms with Crippen LogP contribution in [-0.4, -0.2) is 15.1 Å². The average Bonchev–Trinajstić information content (AvgIpc) is 2.64. The van der Waals surface area contributed by atoms with Crippen molar-refractivity contribution >= 4 is 26.8 Å². The summed E-state index contributed by atoms with van der Waals surface area (Å²) in [5.41, 5.74) is 2.45. The maximum atomic E-state index is 4.62. The lowest BCUT2D eigenvalue weighted by Crippen LogP contribution is -2.05. The Labute approximate surface area is 105 Å². The fourth-order valence-electron chi connectivity index (χ4n) is 2.02. The van der Waals surface area contributed by atoms with Crippen LogP contribution in [0, 0.1) is 5.92 Å². The summed E-state index contributed by atoms with van der Waals surface area (Å²) in [6.45, 7) is 2.23. The first-order valence-electron chi connectivity index (χ1n) is 5.72. The third kappa shape index (κ3) is 2.14. The summed E-state index contributed by atoms with van der Waals surface area (Å²) in [6.07, 6.45) is 2.25. The predicted molar refractivity (Wildman–Crippen MR) is 72.0 cm³/mol. The topological polar surface area (TPSA) is 17.8 Å². The van der Waals surface area contributed by atoms with Gasteiger partial charge in [0.15, 0.2) is 0 Å². The molecular weight excluding hydrogens is 264 g/mol. The molecule has 0 aliphatic carbocycles. The van der Waals surface area contributed by atoms with Gasteiger partial charge in [0.1, 0.15) is 0 Å². The molecule has 1 heterocycles. The first-order valence-corrected chi connectivity index (χ1v) is 6.85. The lowest BCUT2D eigenvalue weighted by atomic mass is 10.0. The molecule has 0 aliphatic heterocycles. The largest absolute Gasteiger partial charge is 0.268 e. The zero-order valence-electron chi connectivity index (χ0n) is 9.78. The molecule has 0 N–H and O–H groups in total. The molecule has 0 amide bonds. The zero-order chi connectivity index (χ0) is 11.5. The number of alkyl halides is 1. The minimum Gasteiger partial charge on any atom is -0.268 e. The highest BCUT2D eigenvalue weighted by molar-refractivity contribution is 9.09. The van der Waals surface area contributed by atoms with E-state index in [1.165, 1.54) is 23.0 Å². The number of hydrogen-bond donors (Lipinski definition) is 0. The van der Waals surface area contributed by atoms with Crippen molar-refractivity contribution in [1.82, 2.24) is 9.78 Å². The third-order valence-electron chi connectivity index (χ3n) is 3.11. The van der Waals surface area contributed by atoms with E-state index < -0.39 is 0 Å². The van der Waals surface area contributed by atoms with Crippen LogP contribution in [0.4, 0.5) is 0 Å². The van der Waals surface area contributed by atoms with E-state index in [0.29, 0.717) is 5.92 Å². The Morgan fingerprint density at radius 2 is 2.12 bits per heavy atom. The van der Waals surface area contributed by atoms with Crippen LogP contribution in [0.5, 0.6) is 0 Å². The van der Waals surface area contributed by atoms with Crippen LogP contribution < -0.4 is 0 Å². The maximum Gasteiger partial charge on any atom is 0.0706 e. The molecule has 1 aromatic carbocycles. The van der Waals surface area contributed by atoms with Gasteiger partial charge in [-0.3, -0.25) is 4.68 Å². The van der Waals surface area contributed by atoms with Gasteiger partial charge in [0.2, 0.25) is 0 Å². The number of aryl methyl sites for hydroxylation is 1. The zero-order valence-corrected chi connectivity index (χ0v) is 11.4. The van der Waals surface area contributed by atoms with Crippen molar-refractivity contribution in [2.45, 2.75) is 19.8 Å². The number of benzene rings is 1. The molecule has 0 fully saturated rings. The second-order valence-corrected chi connectivity index (χ2v) is 4.87. The van der Waals surface area contributed by atoms with Gasteiger partial charge in [-0.25, -0.2) is 0 Å². The summed E-state index contributed by atoms with van der Waals surface area (Å²) in [7, 11) is 2.01. The number of fused-ring (bicyclic) bond motifs is 1. The minimum atomic E-state index is 0.679. The van der Waals surface area contributed by atoms with Crippen LogP contribution in [-0.2, 0) is 13.5 Å². The number of halogens is 1. The number of nitrogens with zero attached hydrogens (tertiary/aromatic N) is 2. The van der Waals surface area contributed by atoms with E-state index in [0.717, 1.165) is 11.8 Å². The van der Waals surface area contributed by atoms with Gasteiger partial charge in [-0.2, -0.15) is 5.10 Å². The molecule has 1 unspecified atom stereocenters. The van der Waals surface area contributed by atoms with Gasteiger partial charge in [0.25, 0.3) is 0 Å². The van der Waals surface area contributed by atoms with Crippen molar-refractivity contribution in [3.05, 3.63) is 30.0 Å². The third-order valence-corrected chi connectivity index (χ3v) is 4.03. The number of hydrogen-bond acceptors (Lipinski definition) is 1. The molecule has 0 spiro atoms. The summed E-state index contributed by atoms with van der Waals surface area (Å²) >= 11 is 3.57. The van der Waals surface area contributed by atoms with Crippen molar-refractivity contribution in [3.63, 3.8) is 0 Å².